The van der Waals surface area contributed by atoms with E-state index in [0.29, 0.717) is 6.42 Å². The van der Waals surface area contributed by atoms with Crippen LogP contribution in [0.25, 0.3) is 0 Å². The molecule has 0 aliphatic carbocycles. The van der Waals surface area contributed by atoms with Crippen molar-refractivity contribution in [3.8, 4) is 0 Å². The Bertz CT molecular complexity index is 437. The van der Waals surface area contributed by atoms with Crippen LogP contribution in [-0.2, 0) is 13.9 Å². The maximum atomic E-state index is 12.2. The van der Waals surface area contributed by atoms with Crippen LogP contribution in [0.1, 0.15) is 71.1 Å². The molecule has 8 heteroatoms. The zero-order valence-corrected chi connectivity index (χ0v) is 17.1. The van der Waals surface area contributed by atoms with E-state index < -0.39 is 23.5 Å². The first kappa shape index (κ1) is 24.5. The van der Waals surface area contributed by atoms with Crippen molar-refractivity contribution in [3.63, 3.8) is 0 Å². The number of unbranched alkanes of at least 4 members (excludes halogenated alkanes) is 9. The molecule has 0 aromatic rings. The Morgan fingerprint density at radius 1 is 1.00 bits per heavy atom. The van der Waals surface area contributed by atoms with Crippen LogP contribution in [0.3, 0.4) is 0 Å². The molecule has 0 aliphatic rings. The van der Waals surface area contributed by atoms with Gasteiger partial charge in [0, 0.05) is 0 Å². The number of quaternary nitrogens is 1. The minimum atomic E-state index is -4.80. The molecule has 0 heterocycles. The van der Waals surface area contributed by atoms with Crippen LogP contribution in [0.15, 0.2) is 0 Å². The molecule has 0 fully saturated rings. The van der Waals surface area contributed by atoms with E-state index in [2.05, 4.69) is 6.92 Å². The summed E-state index contributed by atoms with van der Waals surface area (Å²) in [4.78, 5) is 21.2. The lowest BCUT2D eigenvalue weighted by molar-refractivity contribution is -0.925. The van der Waals surface area contributed by atoms with Gasteiger partial charge in [0.25, 0.3) is 0 Å². The second-order valence-electron chi connectivity index (χ2n) is 7.47. The van der Waals surface area contributed by atoms with Crippen LogP contribution in [0, 0.1) is 0 Å². The number of carbonyl (C=O) groups excluding carboxylic acids is 1. The predicted molar refractivity (Wildman–Crippen MR) is 95.6 cm³/mol. The van der Waals surface area contributed by atoms with Gasteiger partial charge in [-0.1, -0.05) is 64.7 Å². The SMILES string of the molecule is CCCCCCCCCCCCOP(=O)(O)C(O)(C(=O)[O-])[N+](C)(C)C. The van der Waals surface area contributed by atoms with E-state index >= 15 is 0 Å². The van der Waals surface area contributed by atoms with E-state index in [4.69, 9.17) is 4.52 Å². The summed E-state index contributed by atoms with van der Waals surface area (Å²) in [6, 6.07) is 0. The number of carboxylic acids is 1. The lowest BCUT2D eigenvalue weighted by Crippen LogP contribution is -2.65. The van der Waals surface area contributed by atoms with Crippen LogP contribution in [-0.4, -0.2) is 53.7 Å². The van der Waals surface area contributed by atoms with Crippen LogP contribution in [0.2, 0.25) is 0 Å². The standard InChI is InChI=1S/C17H36NO6P/c1-5-6-7-8-9-10-11-12-13-14-15-24-25(22,23)17(21,16(19)20)18(2,3)4/h21H,5-15H2,1-4H3,(H-,19,20,22,23). The molecular formula is C17H36NO6P. The average Bonchev–Trinajstić information content (AvgIpc) is 2.50. The van der Waals surface area contributed by atoms with Crippen molar-refractivity contribution in [1.82, 2.24) is 0 Å². The molecule has 7 nitrogen and oxygen atoms in total. The highest BCUT2D eigenvalue weighted by Gasteiger charge is 2.60. The summed E-state index contributed by atoms with van der Waals surface area (Å²) in [5.74, 6) is -2.02. The quantitative estimate of drug-likeness (QED) is 0.195. The van der Waals surface area contributed by atoms with E-state index in [1.165, 1.54) is 59.7 Å². The number of rotatable bonds is 15. The summed E-state index contributed by atoms with van der Waals surface area (Å²) in [5, 5.41) is 21.4. The third-order valence-electron chi connectivity index (χ3n) is 4.37. The molecule has 0 spiro atoms. The highest BCUT2D eigenvalue weighted by Crippen LogP contribution is 2.56. The first-order chi connectivity index (χ1) is 11.5. The van der Waals surface area contributed by atoms with E-state index in [1.807, 2.05) is 0 Å². The highest BCUT2D eigenvalue weighted by atomic mass is 31.2. The van der Waals surface area contributed by atoms with Crippen LogP contribution >= 0.6 is 7.60 Å². The van der Waals surface area contributed by atoms with E-state index in [-0.39, 0.29) is 6.61 Å². The minimum absolute atomic E-state index is 0.0696. The number of carbonyl (C=O) groups is 1. The minimum Gasteiger partial charge on any atom is -0.541 e. The van der Waals surface area contributed by atoms with E-state index in [1.54, 1.807) is 0 Å². The lowest BCUT2D eigenvalue weighted by Gasteiger charge is -2.42. The fourth-order valence-corrected chi connectivity index (χ4v) is 4.18. The number of aliphatic hydroxyl groups is 1. The summed E-state index contributed by atoms with van der Waals surface area (Å²) in [6.45, 7) is 2.13. The van der Waals surface area contributed by atoms with Gasteiger partial charge in [0.05, 0.1) is 27.7 Å². The average molecular weight is 381 g/mol. The number of carboxylic acid groups (broad SMARTS) is 1. The van der Waals surface area contributed by atoms with Gasteiger partial charge in [0.2, 0.25) is 0 Å². The largest absolute Gasteiger partial charge is 0.541 e. The summed E-state index contributed by atoms with van der Waals surface area (Å²) in [5.41, 5.74) is -2.99. The Morgan fingerprint density at radius 3 is 1.76 bits per heavy atom. The van der Waals surface area contributed by atoms with Gasteiger partial charge in [-0.3, -0.25) is 4.48 Å². The van der Waals surface area contributed by atoms with Crippen molar-refractivity contribution >= 4 is 13.6 Å². The smallest absolute Gasteiger partial charge is 0.424 e. The normalized spacial score (nSPS) is 17.0. The lowest BCUT2D eigenvalue weighted by atomic mass is 10.1. The van der Waals surface area contributed by atoms with Crippen molar-refractivity contribution in [2.24, 2.45) is 0 Å². The Hall–Kier alpha value is -0.460. The van der Waals surface area contributed by atoms with E-state index in [9.17, 15) is 24.5 Å². The fraction of sp³-hybridized carbons (Fsp3) is 0.941. The third kappa shape index (κ3) is 7.75. The molecule has 0 bridgehead atoms. The fourth-order valence-electron chi connectivity index (χ4n) is 2.64. The van der Waals surface area contributed by atoms with Crippen LogP contribution in [0.4, 0.5) is 0 Å². The highest BCUT2D eigenvalue weighted by molar-refractivity contribution is 7.55. The molecule has 0 saturated heterocycles. The van der Waals surface area contributed by atoms with Crippen molar-refractivity contribution in [2.45, 2.75) is 76.6 Å². The van der Waals surface area contributed by atoms with Gasteiger partial charge in [-0.2, -0.15) is 0 Å². The third-order valence-corrected chi connectivity index (χ3v) is 6.47. The Balaban J connectivity index is 4.08. The van der Waals surface area contributed by atoms with Crippen molar-refractivity contribution in [2.75, 3.05) is 27.7 Å². The molecule has 0 amide bonds. The molecular weight excluding hydrogens is 345 g/mol. The number of hydrogen-bond acceptors (Lipinski definition) is 5. The molecule has 2 unspecified atom stereocenters. The molecule has 0 rings (SSSR count). The Kier molecular flexibility index (Phi) is 11.1. The maximum absolute atomic E-state index is 12.2. The molecule has 0 aromatic heterocycles. The van der Waals surface area contributed by atoms with Gasteiger partial charge < -0.3 is 24.4 Å². The molecule has 2 atom stereocenters. The van der Waals surface area contributed by atoms with Gasteiger partial charge in [-0.05, 0) is 6.42 Å². The molecule has 25 heavy (non-hydrogen) atoms. The molecule has 0 aliphatic heterocycles. The van der Waals surface area contributed by atoms with Gasteiger partial charge in [-0.15, -0.1) is 0 Å². The van der Waals surface area contributed by atoms with E-state index in [0.717, 1.165) is 19.3 Å². The van der Waals surface area contributed by atoms with Crippen molar-refractivity contribution in [1.29, 1.82) is 0 Å². The van der Waals surface area contributed by atoms with Crippen LogP contribution < -0.4 is 5.11 Å². The van der Waals surface area contributed by atoms with Crippen LogP contribution in [0.5, 0.6) is 0 Å². The topological polar surface area (TPSA) is 107 Å². The summed E-state index contributed by atoms with van der Waals surface area (Å²) in [6.07, 6.45) is 11.0. The molecule has 0 saturated carbocycles. The molecule has 0 radical (unpaired) electrons. The second kappa shape index (κ2) is 11.3. The summed E-state index contributed by atoms with van der Waals surface area (Å²) < 4.78 is 16.4. The predicted octanol–water partition coefficient (Wildman–Crippen LogP) is 2.21. The van der Waals surface area contributed by atoms with Crippen molar-refractivity contribution in [3.05, 3.63) is 0 Å². The first-order valence-corrected chi connectivity index (χ1v) is 10.8. The number of aliphatic carboxylic acids is 1. The summed E-state index contributed by atoms with van der Waals surface area (Å²) in [7, 11) is -0.921. The van der Waals surface area contributed by atoms with Gasteiger partial charge in [0.1, 0.15) is 5.97 Å². The molecule has 150 valence electrons. The van der Waals surface area contributed by atoms with Crippen molar-refractivity contribution < 1.29 is 33.5 Å². The van der Waals surface area contributed by atoms with Gasteiger partial charge >= 0.3 is 13.1 Å². The Labute approximate surface area is 152 Å². The zero-order valence-electron chi connectivity index (χ0n) is 16.2. The van der Waals surface area contributed by atoms with Gasteiger partial charge in [0.15, 0.2) is 0 Å². The summed E-state index contributed by atoms with van der Waals surface area (Å²) >= 11 is 0. The number of likely N-dealkylation sites (N-methyl/N-ethyl adjacent to an activating group) is 1. The number of hydrogen-bond donors (Lipinski definition) is 2. The Morgan fingerprint density at radius 2 is 1.40 bits per heavy atom. The zero-order chi connectivity index (χ0) is 19.6. The molecule has 0 aromatic carbocycles. The maximum Gasteiger partial charge on any atom is 0.424 e. The molecule has 2 N–H and O–H groups in total. The number of nitrogens with zero attached hydrogens (tertiary/aromatic N) is 1. The first-order valence-electron chi connectivity index (χ1n) is 9.23. The second-order valence-corrected chi connectivity index (χ2v) is 9.39. The monoisotopic (exact) mass is 381 g/mol. The van der Waals surface area contributed by atoms with Gasteiger partial charge in [-0.25, -0.2) is 4.57 Å².